The highest BCUT2D eigenvalue weighted by atomic mass is 32.3. The zero-order chi connectivity index (χ0) is 13.4. The summed E-state index contributed by atoms with van der Waals surface area (Å²) in [4.78, 5) is 11.1. The molecule has 1 amide bonds. The number of carbonyl (C=O) groups is 1. The van der Waals surface area contributed by atoms with Gasteiger partial charge in [-0.25, -0.2) is 0 Å². The number of rotatable bonds is 3. The summed E-state index contributed by atoms with van der Waals surface area (Å²) in [5, 5.41) is 2.74. The molecule has 0 saturated heterocycles. The first-order valence-corrected chi connectivity index (χ1v) is 5.90. The van der Waals surface area contributed by atoms with Gasteiger partial charge in [0.1, 0.15) is 0 Å². The SMILES string of the molecule is CCCNC(=O)/C(C)=C(/C)N.O=S(=O)(O)O. The molecule has 7 nitrogen and oxygen atoms in total. The topological polar surface area (TPSA) is 130 Å². The van der Waals surface area contributed by atoms with Gasteiger partial charge in [-0.05, 0) is 20.3 Å². The van der Waals surface area contributed by atoms with E-state index in [9.17, 15) is 4.79 Å². The van der Waals surface area contributed by atoms with Crippen LogP contribution in [0.3, 0.4) is 0 Å². The minimum Gasteiger partial charge on any atom is -0.402 e. The predicted molar refractivity (Wildman–Crippen MR) is 60.0 cm³/mol. The van der Waals surface area contributed by atoms with Gasteiger partial charge in [0, 0.05) is 17.8 Å². The van der Waals surface area contributed by atoms with E-state index in [-0.39, 0.29) is 5.91 Å². The summed E-state index contributed by atoms with van der Waals surface area (Å²) in [7, 11) is -4.67. The second-order valence-corrected chi connectivity index (χ2v) is 3.91. The van der Waals surface area contributed by atoms with Crippen LogP contribution < -0.4 is 11.1 Å². The second kappa shape index (κ2) is 8.08. The number of hydrogen-bond donors (Lipinski definition) is 4. The lowest BCUT2D eigenvalue weighted by molar-refractivity contribution is -0.117. The lowest BCUT2D eigenvalue weighted by atomic mass is 10.2. The Morgan fingerprint density at radius 3 is 1.94 bits per heavy atom. The van der Waals surface area contributed by atoms with Crippen LogP contribution in [0.2, 0.25) is 0 Å². The normalized spacial score (nSPS) is 12.1. The maximum atomic E-state index is 11.1. The van der Waals surface area contributed by atoms with Crippen LogP contribution in [0.5, 0.6) is 0 Å². The number of nitrogens with one attached hydrogen (secondary N) is 1. The molecule has 0 heterocycles. The molecule has 0 aliphatic rings. The Labute approximate surface area is 95.3 Å². The van der Waals surface area contributed by atoms with Crippen LogP contribution in [0.4, 0.5) is 0 Å². The van der Waals surface area contributed by atoms with Gasteiger partial charge in [0.25, 0.3) is 0 Å². The third kappa shape index (κ3) is 15.4. The Kier molecular flexibility index (Phi) is 8.73. The minimum atomic E-state index is -4.67. The van der Waals surface area contributed by atoms with Crippen molar-refractivity contribution in [3.8, 4) is 0 Å². The molecule has 0 unspecified atom stereocenters. The van der Waals surface area contributed by atoms with Crippen LogP contribution in [-0.4, -0.2) is 30.0 Å². The molecule has 8 heteroatoms. The number of carbonyl (C=O) groups excluding carboxylic acids is 1. The first-order valence-electron chi connectivity index (χ1n) is 4.50. The standard InChI is InChI=1S/C8H16N2O.H2O4S/c1-4-5-10-8(11)6(2)7(3)9;1-5(2,3)4/h4-5,9H2,1-3H3,(H,10,11);(H2,1,2,3,4)/b7-6-;. The molecule has 0 aliphatic carbocycles. The van der Waals surface area contributed by atoms with Crippen molar-refractivity contribution in [2.45, 2.75) is 27.2 Å². The number of nitrogens with two attached hydrogens (primary N) is 1. The zero-order valence-corrected chi connectivity index (χ0v) is 10.3. The summed E-state index contributed by atoms with van der Waals surface area (Å²) >= 11 is 0. The van der Waals surface area contributed by atoms with Gasteiger partial charge >= 0.3 is 10.4 Å². The third-order valence-corrected chi connectivity index (χ3v) is 1.47. The molecule has 0 aromatic rings. The van der Waals surface area contributed by atoms with Gasteiger partial charge in [-0.1, -0.05) is 6.92 Å². The van der Waals surface area contributed by atoms with Crippen molar-refractivity contribution in [2.75, 3.05) is 6.54 Å². The fourth-order valence-corrected chi connectivity index (χ4v) is 0.550. The molecule has 0 aliphatic heterocycles. The highest BCUT2D eigenvalue weighted by Gasteiger charge is 2.03. The Morgan fingerprint density at radius 2 is 1.69 bits per heavy atom. The van der Waals surface area contributed by atoms with E-state index >= 15 is 0 Å². The van der Waals surface area contributed by atoms with Gasteiger partial charge in [-0.2, -0.15) is 8.42 Å². The quantitative estimate of drug-likeness (QED) is 0.418. The monoisotopic (exact) mass is 254 g/mol. The number of amides is 1. The first-order chi connectivity index (χ1) is 7.09. The summed E-state index contributed by atoms with van der Waals surface area (Å²) in [6, 6.07) is 0. The lowest BCUT2D eigenvalue weighted by Crippen LogP contribution is -2.26. The van der Waals surface area contributed by atoms with Crippen LogP contribution in [-0.2, 0) is 15.2 Å². The summed E-state index contributed by atoms with van der Waals surface area (Å²) in [6.07, 6.45) is 0.947. The third-order valence-electron chi connectivity index (χ3n) is 1.47. The van der Waals surface area contributed by atoms with E-state index in [1.165, 1.54) is 0 Å². The highest BCUT2D eigenvalue weighted by molar-refractivity contribution is 7.79. The van der Waals surface area contributed by atoms with E-state index < -0.39 is 10.4 Å². The van der Waals surface area contributed by atoms with Crippen molar-refractivity contribution in [3.05, 3.63) is 11.3 Å². The van der Waals surface area contributed by atoms with Crippen LogP contribution in [0.1, 0.15) is 27.2 Å². The molecule has 0 fully saturated rings. The molecular formula is C8H18N2O5S. The van der Waals surface area contributed by atoms with Crippen molar-refractivity contribution in [2.24, 2.45) is 5.73 Å². The fraction of sp³-hybridized carbons (Fsp3) is 0.625. The molecule has 0 saturated carbocycles. The molecule has 96 valence electrons. The molecule has 0 spiro atoms. The zero-order valence-electron chi connectivity index (χ0n) is 9.52. The smallest absolute Gasteiger partial charge is 0.394 e. The van der Waals surface area contributed by atoms with Gasteiger partial charge in [0.05, 0.1) is 0 Å². The number of hydrogen-bond acceptors (Lipinski definition) is 4. The molecule has 0 bridgehead atoms. The van der Waals surface area contributed by atoms with Gasteiger partial charge < -0.3 is 11.1 Å². The van der Waals surface area contributed by atoms with Crippen molar-refractivity contribution in [3.63, 3.8) is 0 Å². The second-order valence-electron chi connectivity index (χ2n) is 3.01. The highest BCUT2D eigenvalue weighted by Crippen LogP contribution is 1.95. The minimum absolute atomic E-state index is 0.0631. The van der Waals surface area contributed by atoms with Gasteiger partial charge in [-0.3, -0.25) is 13.9 Å². The van der Waals surface area contributed by atoms with Crippen molar-refractivity contribution in [1.29, 1.82) is 0 Å². The van der Waals surface area contributed by atoms with E-state index in [1.54, 1.807) is 13.8 Å². The molecule has 0 aromatic carbocycles. The average Bonchev–Trinajstić information content (AvgIpc) is 2.10. The van der Waals surface area contributed by atoms with Crippen molar-refractivity contribution < 1.29 is 22.3 Å². The molecule has 5 N–H and O–H groups in total. The van der Waals surface area contributed by atoms with Crippen molar-refractivity contribution in [1.82, 2.24) is 5.32 Å². The molecule has 0 atom stereocenters. The maximum Gasteiger partial charge on any atom is 0.394 e. The van der Waals surface area contributed by atoms with E-state index in [2.05, 4.69) is 5.32 Å². The van der Waals surface area contributed by atoms with Gasteiger partial charge in [0.15, 0.2) is 0 Å². The van der Waals surface area contributed by atoms with Gasteiger partial charge in [-0.15, -0.1) is 0 Å². The number of allylic oxidation sites excluding steroid dienone is 1. The average molecular weight is 254 g/mol. The molecular weight excluding hydrogens is 236 g/mol. The lowest BCUT2D eigenvalue weighted by Gasteiger charge is -2.04. The van der Waals surface area contributed by atoms with Crippen LogP contribution >= 0.6 is 0 Å². The fourth-order valence-electron chi connectivity index (χ4n) is 0.550. The molecule has 16 heavy (non-hydrogen) atoms. The van der Waals surface area contributed by atoms with Gasteiger partial charge in [0.2, 0.25) is 5.91 Å². The van der Waals surface area contributed by atoms with E-state index in [0.717, 1.165) is 6.42 Å². The largest absolute Gasteiger partial charge is 0.402 e. The van der Waals surface area contributed by atoms with E-state index in [0.29, 0.717) is 17.8 Å². The Balaban J connectivity index is 0. The summed E-state index contributed by atoms with van der Waals surface area (Å²) in [5.74, 6) is -0.0631. The molecule has 0 radical (unpaired) electrons. The summed E-state index contributed by atoms with van der Waals surface area (Å²) in [6.45, 7) is 6.17. The summed E-state index contributed by atoms with van der Waals surface area (Å²) < 4.78 is 31.6. The predicted octanol–water partition coefficient (Wildman–Crippen LogP) is 0.112. The summed E-state index contributed by atoms with van der Waals surface area (Å²) in [5.41, 5.74) is 6.62. The van der Waals surface area contributed by atoms with Crippen molar-refractivity contribution >= 4 is 16.3 Å². The maximum absolute atomic E-state index is 11.1. The Bertz CT molecular complexity index is 335. The molecule has 0 rings (SSSR count). The van der Waals surface area contributed by atoms with Crippen LogP contribution in [0.25, 0.3) is 0 Å². The molecule has 0 aromatic heterocycles. The first kappa shape index (κ1) is 17.3. The van der Waals surface area contributed by atoms with E-state index in [4.69, 9.17) is 23.3 Å². The van der Waals surface area contributed by atoms with Crippen LogP contribution in [0, 0.1) is 0 Å². The van der Waals surface area contributed by atoms with Crippen LogP contribution in [0.15, 0.2) is 11.3 Å². The Hall–Kier alpha value is -1.12. The Morgan fingerprint density at radius 1 is 1.31 bits per heavy atom. The van der Waals surface area contributed by atoms with E-state index in [1.807, 2.05) is 6.92 Å².